The molecule has 108 valence electrons. The van der Waals surface area contributed by atoms with Crippen LogP contribution in [0.5, 0.6) is 0 Å². The lowest BCUT2D eigenvalue weighted by Crippen LogP contribution is -2.47. The van der Waals surface area contributed by atoms with E-state index in [0.717, 1.165) is 6.42 Å². The van der Waals surface area contributed by atoms with E-state index < -0.39 is 24.2 Å². The van der Waals surface area contributed by atoms with Crippen molar-refractivity contribution in [3.05, 3.63) is 0 Å². The molecular formula is C13H24F3NO. The van der Waals surface area contributed by atoms with Crippen LogP contribution in [0, 0.1) is 11.8 Å². The zero-order valence-electron chi connectivity index (χ0n) is 11.1. The highest BCUT2D eigenvalue weighted by molar-refractivity contribution is 4.86. The average molecular weight is 267 g/mol. The van der Waals surface area contributed by atoms with Gasteiger partial charge in [0.25, 0.3) is 0 Å². The molecule has 2 nitrogen and oxygen atoms in total. The zero-order valence-corrected chi connectivity index (χ0v) is 11.1. The van der Waals surface area contributed by atoms with Crippen molar-refractivity contribution in [2.45, 2.75) is 64.3 Å². The first kappa shape index (κ1) is 15.8. The standard InChI is InChI=1S/C13H24F3NO/c1-9(2)7-10(18)8-17-12-6-4-3-5-11(12)13(14,15)16/h9-12,17-18H,3-8H2,1-2H3. The molecular weight excluding hydrogens is 243 g/mol. The Kier molecular flexibility index (Phi) is 5.92. The Morgan fingerprint density at radius 1 is 1.22 bits per heavy atom. The molecule has 0 radical (unpaired) electrons. The molecule has 0 spiro atoms. The molecule has 0 saturated heterocycles. The third-order valence-electron chi connectivity index (χ3n) is 3.55. The highest BCUT2D eigenvalue weighted by Gasteiger charge is 2.45. The molecule has 0 aliphatic heterocycles. The van der Waals surface area contributed by atoms with Gasteiger partial charge in [-0.1, -0.05) is 26.7 Å². The summed E-state index contributed by atoms with van der Waals surface area (Å²) in [4.78, 5) is 0. The summed E-state index contributed by atoms with van der Waals surface area (Å²) in [5, 5.41) is 12.6. The van der Waals surface area contributed by atoms with Gasteiger partial charge in [-0.05, 0) is 25.2 Å². The predicted octanol–water partition coefficient (Wildman–Crippen LogP) is 3.10. The van der Waals surface area contributed by atoms with Crippen molar-refractivity contribution >= 4 is 0 Å². The minimum Gasteiger partial charge on any atom is -0.392 e. The van der Waals surface area contributed by atoms with Crippen molar-refractivity contribution in [2.24, 2.45) is 11.8 Å². The molecule has 0 amide bonds. The summed E-state index contributed by atoms with van der Waals surface area (Å²) in [6.07, 6.45) is -1.81. The summed E-state index contributed by atoms with van der Waals surface area (Å²) in [6.45, 7) is 4.24. The van der Waals surface area contributed by atoms with E-state index in [1.807, 2.05) is 13.8 Å². The van der Waals surface area contributed by atoms with Crippen LogP contribution in [0.2, 0.25) is 0 Å². The van der Waals surface area contributed by atoms with Gasteiger partial charge in [-0.2, -0.15) is 13.2 Å². The monoisotopic (exact) mass is 267 g/mol. The van der Waals surface area contributed by atoms with Crippen LogP contribution in [0.4, 0.5) is 13.2 Å². The Morgan fingerprint density at radius 2 is 1.83 bits per heavy atom. The number of halogens is 3. The summed E-state index contributed by atoms with van der Waals surface area (Å²) < 4.78 is 38.5. The van der Waals surface area contributed by atoms with Gasteiger partial charge in [0, 0.05) is 12.6 Å². The molecule has 0 bridgehead atoms. The molecule has 1 fully saturated rings. The molecule has 1 aliphatic rings. The van der Waals surface area contributed by atoms with Crippen molar-refractivity contribution in [1.82, 2.24) is 5.32 Å². The second-order valence-electron chi connectivity index (χ2n) is 5.73. The Balaban J connectivity index is 2.43. The van der Waals surface area contributed by atoms with E-state index in [2.05, 4.69) is 5.32 Å². The SMILES string of the molecule is CC(C)CC(O)CNC1CCCCC1C(F)(F)F. The summed E-state index contributed by atoms with van der Waals surface area (Å²) in [7, 11) is 0. The number of hydrogen-bond donors (Lipinski definition) is 2. The third kappa shape index (κ3) is 5.14. The molecule has 3 atom stereocenters. The molecule has 0 aromatic carbocycles. The van der Waals surface area contributed by atoms with E-state index in [-0.39, 0.29) is 13.0 Å². The maximum Gasteiger partial charge on any atom is 0.393 e. The van der Waals surface area contributed by atoms with Gasteiger partial charge in [-0.15, -0.1) is 0 Å². The molecule has 1 saturated carbocycles. The van der Waals surface area contributed by atoms with Gasteiger partial charge in [-0.3, -0.25) is 0 Å². The smallest absolute Gasteiger partial charge is 0.392 e. The first-order valence-corrected chi connectivity index (χ1v) is 6.79. The van der Waals surface area contributed by atoms with E-state index in [1.165, 1.54) is 0 Å². The Morgan fingerprint density at radius 3 is 2.39 bits per heavy atom. The van der Waals surface area contributed by atoms with Crippen LogP contribution < -0.4 is 5.32 Å². The van der Waals surface area contributed by atoms with Crippen LogP contribution >= 0.6 is 0 Å². The summed E-state index contributed by atoms with van der Waals surface area (Å²) in [6, 6.07) is -0.527. The number of nitrogens with one attached hydrogen (secondary N) is 1. The maximum atomic E-state index is 12.8. The van der Waals surface area contributed by atoms with E-state index in [0.29, 0.717) is 25.2 Å². The predicted molar refractivity (Wildman–Crippen MR) is 65.3 cm³/mol. The lowest BCUT2D eigenvalue weighted by Gasteiger charge is -2.34. The van der Waals surface area contributed by atoms with Crippen molar-refractivity contribution in [3.8, 4) is 0 Å². The lowest BCUT2D eigenvalue weighted by atomic mass is 9.84. The van der Waals surface area contributed by atoms with Crippen LogP contribution in [-0.4, -0.2) is 30.0 Å². The fourth-order valence-corrected chi connectivity index (χ4v) is 2.68. The maximum absolute atomic E-state index is 12.8. The van der Waals surface area contributed by atoms with Crippen LogP contribution in [-0.2, 0) is 0 Å². The Bertz CT molecular complexity index is 243. The number of alkyl halides is 3. The normalized spacial score (nSPS) is 27.5. The van der Waals surface area contributed by atoms with Crippen molar-refractivity contribution in [2.75, 3.05) is 6.54 Å². The van der Waals surface area contributed by atoms with Crippen molar-refractivity contribution in [3.63, 3.8) is 0 Å². The fourth-order valence-electron chi connectivity index (χ4n) is 2.68. The largest absolute Gasteiger partial charge is 0.393 e. The van der Waals surface area contributed by atoms with Crippen LogP contribution in [0.1, 0.15) is 46.0 Å². The van der Waals surface area contributed by atoms with Gasteiger partial charge in [0.1, 0.15) is 0 Å². The van der Waals surface area contributed by atoms with Crippen molar-refractivity contribution in [1.29, 1.82) is 0 Å². The van der Waals surface area contributed by atoms with E-state index >= 15 is 0 Å². The molecule has 0 aromatic heterocycles. The summed E-state index contributed by atoms with van der Waals surface area (Å²) in [5.74, 6) is -0.899. The number of hydrogen-bond acceptors (Lipinski definition) is 2. The first-order valence-electron chi connectivity index (χ1n) is 6.79. The second kappa shape index (κ2) is 6.75. The number of rotatable bonds is 5. The second-order valence-corrected chi connectivity index (χ2v) is 5.73. The highest BCUT2D eigenvalue weighted by Crippen LogP contribution is 2.37. The zero-order chi connectivity index (χ0) is 13.8. The minimum atomic E-state index is -4.12. The Hall–Kier alpha value is -0.290. The topological polar surface area (TPSA) is 32.3 Å². The van der Waals surface area contributed by atoms with E-state index in [9.17, 15) is 18.3 Å². The highest BCUT2D eigenvalue weighted by atomic mass is 19.4. The minimum absolute atomic E-state index is 0.210. The van der Waals surface area contributed by atoms with Gasteiger partial charge in [-0.25, -0.2) is 0 Å². The third-order valence-corrected chi connectivity index (χ3v) is 3.55. The van der Waals surface area contributed by atoms with E-state index in [4.69, 9.17) is 0 Å². The number of aliphatic hydroxyl groups excluding tert-OH is 1. The first-order chi connectivity index (χ1) is 8.30. The molecule has 0 aromatic rings. The van der Waals surface area contributed by atoms with Crippen LogP contribution in [0.15, 0.2) is 0 Å². The molecule has 0 heterocycles. The van der Waals surface area contributed by atoms with Crippen molar-refractivity contribution < 1.29 is 18.3 Å². The molecule has 3 unspecified atom stereocenters. The Labute approximate surface area is 107 Å². The van der Waals surface area contributed by atoms with Gasteiger partial charge in [0.05, 0.1) is 12.0 Å². The van der Waals surface area contributed by atoms with Gasteiger partial charge in [0.15, 0.2) is 0 Å². The van der Waals surface area contributed by atoms with Gasteiger partial charge < -0.3 is 10.4 Å². The van der Waals surface area contributed by atoms with Crippen LogP contribution in [0.25, 0.3) is 0 Å². The van der Waals surface area contributed by atoms with Gasteiger partial charge >= 0.3 is 6.18 Å². The van der Waals surface area contributed by atoms with E-state index in [1.54, 1.807) is 0 Å². The summed E-state index contributed by atoms with van der Waals surface area (Å²) >= 11 is 0. The summed E-state index contributed by atoms with van der Waals surface area (Å²) in [5.41, 5.74) is 0. The lowest BCUT2D eigenvalue weighted by molar-refractivity contribution is -0.189. The fraction of sp³-hybridized carbons (Fsp3) is 1.00. The quantitative estimate of drug-likeness (QED) is 0.802. The molecule has 1 rings (SSSR count). The van der Waals surface area contributed by atoms with Gasteiger partial charge in [0.2, 0.25) is 0 Å². The molecule has 18 heavy (non-hydrogen) atoms. The average Bonchev–Trinajstić information content (AvgIpc) is 2.24. The molecule has 5 heteroatoms. The molecule has 1 aliphatic carbocycles. The molecule has 2 N–H and O–H groups in total. The van der Waals surface area contributed by atoms with Crippen LogP contribution in [0.3, 0.4) is 0 Å². The number of aliphatic hydroxyl groups is 1.